The van der Waals surface area contributed by atoms with Crippen molar-refractivity contribution < 1.29 is 9.21 Å². The van der Waals surface area contributed by atoms with Crippen molar-refractivity contribution in [2.45, 2.75) is 0 Å². The summed E-state index contributed by atoms with van der Waals surface area (Å²) in [7, 11) is 1.66. The predicted molar refractivity (Wildman–Crippen MR) is 107 cm³/mol. The summed E-state index contributed by atoms with van der Waals surface area (Å²) < 4.78 is 5.33. The number of nitrogens with two attached hydrogens (primary N) is 1. The number of fused-ring (bicyclic) bond motifs is 2. The van der Waals surface area contributed by atoms with E-state index in [-0.39, 0.29) is 17.8 Å². The minimum Gasteiger partial charge on any atom is -0.424 e. The van der Waals surface area contributed by atoms with E-state index in [0.29, 0.717) is 18.7 Å². The number of benzene rings is 2. The molecule has 0 radical (unpaired) electrons. The van der Waals surface area contributed by atoms with Crippen molar-refractivity contribution in [3.8, 4) is 11.1 Å². The lowest BCUT2D eigenvalue weighted by molar-refractivity contribution is -0.125. The van der Waals surface area contributed by atoms with Gasteiger partial charge in [0.1, 0.15) is 11.3 Å². The first-order valence-corrected chi connectivity index (χ1v) is 9.00. The molecule has 2 aromatic carbocycles. The Morgan fingerprint density at radius 2 is 1.86 bits per heavy atom. The Labute approximate surface area is 160 Å². The largest absolute Gasteiger partial charge is 0.424 e. The molecule has 0 saturated carbocycles. The first kappa shape index (κ1) is 16.5. The smallest absolute Gasteiger partial charge is 0.292 e. The van der Waals surface area contributed by atoms with Crippen LogP contribution in [0, 0.1) is 5.92 Å². The summed E-state index contributed by atoms with van der Waals surface area (Å²) in [6, 6.07) is 11.9. The minimum atomic E-state index is 0.00968. The van der Waals surface area contributed by atoms with Gasteiger partial charge in [-0.2, -0.15) is 4.98 Å². The second kappa shape index (κ2) is 6.19. The van der Waals surface area contributed by atoms with Crippen LogP contribution < -0.4 is 16.0 Å². The average molecular weight is 374 g/mol. The molecule has 0 aliphatic carbocycles. The number of aromatic nitrogens is 3. The Hall–Kier alpha value is -3.68. The van der Waals surface area contributed by atoms with Crippen LogP contribution in [0.2, 0.25) is 0 Å². The lowest BCUT2D eigenvalue weighted by Gasteiger charge is -2.38. The Bertz CT molecular complexity index is 1210. The van der Waals surface area contributed by atoms with E-state index < -0.39 is 0 Å². The Morgan fingerprint density at radius 1 is 1.11 bits per heavy atom. The van der Waals surface area contributed by atoms with Gasteiger partial charge in [-0.05, 0) is 35.4 Å². The summed E-state index contributed by atoms with van der Waals surface area (Å²) in [6.45, 7) is 1.31. The highest BCUT2D eigenvalue weighted by atomic mass is 16.4. The van der Waals surface area contributed by atoms with E-state index in [2.05, 4.69) is 20.2 Å². The summed E-state index contributed by atoms with van der Waals surface area (Å²) in [4.78, 5) is 27.2. The number of hydrogen-bond acceptors (Lipinski definition) is 7. The fraction of sp³-hybridized carbons (Fsp3) is 0.200. The van der Waals surface area contributed by atoms with E-state index in [1.54, 1.807) is 13.2 Å². The molecule has 0 spiro atoms. The van der Waals surface area contributed by atoms with Crippen molar-refractivity contribution in [2.75, 3.05) is 30.8 Å². The third-order valence-electron chi connectivity index (χ3n) is 5.09. The number of nitrogens with zero attached hydrogens (tertiary/aromatic N) is 4. The van der Waals surface area contributed by atoms with Gasteiger partial charge in [-0.15, -0.1) is 0 Å². The Balaban J connectivity index is 1.47. The van der Waals surface area contributed by atoms with Crippen LogP contribution in [-0.4, -0.2) is 41.0 Å². The molecule has 3 N–H and O–H groups in total. The summed E-state index contributed by atoms with van der Waals surface area (Å²) in [5, 5.41) is 2.69. The molecule has 0 unspecified atom stereocenters. The third kappa shape index (κ3) is 2.70. The van der Waals surface area contributed by atoms with Crippen molar-refractivity contribution in [1.29, 1.82) is 0 Å². The monoisotopic (exact) mass is 374 g/mol. The first-order valence-electron chi connectivity index (χ1n) is 9.00. The van der Waals surface area contributed by atoms with E-state index in [4.69, 9.17) is 15.1 Å². The fourth-order valence-electron chi connectivity index (χ4n) is 3.49. The molecule has 0 bridgehead atoms. The zero-order valence-corrected chi connectivity index (χ0v) is 15.2. The maximum atomic E-state index is 11.7. The molecule has 1 saturated heterocycles. The van der Waals surface area contributed by atoms with Gasteiger partial charge in [0.15, 0.2) is 5.58 Å². The van der Waals surface area contributed by atoms with Gasteiger partial charge in [0.05, 0.1) is 23.1 Å². The highest BCUT2D eigenvalue weighted by Gasteiger charge is 2.33. The maximum Gasteiger partial charge on any atom is 0.292 e. The van der Waals surface area contributed by atoms with Gasteiger partial charge in [0, 0.05) is 20.1 Å². The molecular weight excluding hydrogens is 356 g/mol. The van der Waals surface area contributed by atoms with Crippen LogP contribution in [0.3, 0.4) is 0 Å². The molecular formula is C20H18N6O2. The number of rotatable bonds is 3. The molecule has 1 aliphatic heterocycles. The molecule has 4 aromatic rings. The second-order valence-corrected chi connectivity index (χ2v) is 6.88. The van der Waals surface area contributed by atoms with Crippen LogP contribution in [0.5, 0.6) is 0 Å². The number of anilines is 2. The molecule has 5 rings (SSSR count). The number of nitrogen functional groups attached to an aromatic ring is 1. The van der Waals surface area contributed by atoms with Gasteiger partial charge < -0.3 is 20.4 Å². The molecule has 1 amide bonds. The zero-order chi connectivity index (χ0) is 19.3. The van der Waals surface area contributed by atoms with Gasteiger partial charge in [0.2, 0.25) is 5.91 Å². The molecule has 8 heteroatoms. The maximum absolute atomic E-state index is 11.7. The van der Waals surface area contributed by atoms with Crippen molar-refractivity contribution in [3.05, 3.63) is 42.6 Å². The molecule has 1 aliphatic rings. The molecule has 3 heterocycles. The lowest BCUT2D eigenvalue weighted by atomic mass is 9.99. The van der Waals surface area contributed by atoms with E-state index in [1.165, 1.54) is 0 Å². The van der Waals surface area contributed by atoms with Crippen LogP contribution in [-0.2, 0) is 4.79 Å². The number of nitrogens with one attached hydrogen (secondary N) is 1. The first-order chi connectivity index (χ1) is 13.6. The summed E-state index contributed by atoms with van der Waals surface area (Å²) in [5.74, 6) is 0.858. The van der Waals surface area contributed by atoms with Crippen molar-refractivity contribution in [3.63, 3.8) is 0 Å². The summed E-state index contributed by atoms with van der Waals surface area (Å²) in [5.41, 5.74) is 10.6. The second-order valence-electron chi connectivity index (χ2n) is 6.88. The average Bonchev–Trinajstić information content (AvgIpc) is 3.05. The molecule has 28 heavy (non-hydrogen) atoms. The normalized spacial score (nSPS) is 14.4. The van der Waals surface area contributed by atoms with Crippen molar-refractivity contribution in [1.82, 2.24) is 20.3 Å². The highest BCUT2D eigenvalue weighted by molar-refractivity contribution is 5.86. The van der Waals surface area contributed by atoms with E-state index >= 15 is 0 Å². The number of carbonyl (C=O) groups is 1. The van der Waals surface area contributed by atoms with Gasteiger partial charge in [-0.3, -0.25) is 9.78 Å². The van der Waals surface area contributed by atoms with Crippen molar-refractivity contribution >= 4 is 39.9 Å². The quantitative estimate of drug-likeness (QED) is 0.565. The molecule has 8 nitrogen and oxygen atoms in total. The summed E-state index contributed by atoms with van der Waals surface area (Å²) in [6.07, 6.45) is 1.76. The Morgan fingerprint density at radius 3 is 2.64 bits per heavy atom. The topological polar surface area (TPSA) is 110 Å². The van der Waals surface area contributed by atoms with Gasteiger partial charge in [0.25, 0.3) is 6.01 Å². The number of carbonyl (C=O) groups excluding carboxylic acids is 1. The predicted octanol–water partition coefficient (Wildman–Crippen LogP) is 2.20. The van der Waals surface area contributed by atoms with Crippen LogP contribution >= 0.6 is 0 Å². The molecule has 1 fully saturated rings. The van der Waals surface area contributed by atoms with Crippen molar-refractivity contribution in [2.24, 2.45) is 5.92 Å². The number of hydrogen-bond donors (Lipinski definition) is 2. The van der Waals surface area contributed by atoms with Crippen LogP contribution in [0.25, 0.3) is 33.3 Å². The molecule has 140 valence electrons. The van der Waals surface area contributed by atoms with Gasteiger partial charge in [-0.25, -0.2) is 4.98 Å². The molecule has 2 aromatic heterocycles. The van der Waals surface area contributed by atoms with Gasteiger partial charge in [-0.1, -0.05) is 12.1 Å². The van der Waals surface area contributed by atoms with E-state index in [1.807, 2.05) is 36.4 Å². The number of oxazole rings is 1. The SMILES string of the molecule is CNC(=O)C1CN(c2cnc3ccc(-c4ccc5oc(N)nc5c4)cc3n2)C1. The highest BCUT2D eigenvalue weighted by Crippen LogP contribution is 2.29. The number of amides is 1. The third-order valence-corrected chi connectivity index (χ3v) is 5.09. The van der Waals surface area contributed by atoms with Crippen LogP contribution in [0.1, 0.15) is 0 Å². The van der Waals surface area contributed by atoms with E-state index in [9.17, 15) is 4.79 Å². The van der Waals surface area contributed by atoms with Crippen LogP contribution in [0.4, 0.5) is 11.8 Å². The zero-order valence-electron chi connectivity index (χ0n) is 15.2. The lowest BCUT2D eigenvalue weighted by Crippen LogP contribution is -2.53. The Kier molecular flexibility index (Phi) is 3.65. The van der Waals surface area contributed by atoms with Crippen LogP contribution in [0.15, 0.2) is 47.0 Å². The molecule has 0 atom stereocenters. The van der Waals surface area contributed by atoms with Gasteiger partial charge >= 0.3 is 0 Å². The van der Waals surface area contributed by atoms with E-state index in [0.717, 1.165) is 33.5 Å². The summed E-state index contributed by atoms with van der Waals surface area (Å²) >= 11 is 0. The minimum absolute atomic E-state index is 0.00968. The standard InChI is InChI=1S/C20H18N6O2/c1-22-19(27)13-9-26(10-13)18-8-23-14-4-2-11(6-15(14)24-18)12-3-5-17-16(7-12)25-20(21)28-17/h2-8,13H,9-10H2,1H3,(H2,21,25)(H,22,27). The fourth-order valence-corrected chi connectivity index (χ4v) is 3.49.